The second-order valence-electron chi connectivity index (χ2n) is 4.17. The summed E-state index contributed by atoms with van der Waals surface area (Å²) >= 11 is 0. The van der Waals surface area contributed by atoms with Crippen molar-refractivity contribution in [2.75, 3.05) is 19.7 Å². The largest absolute Gasteiger partial charge is 0.371 e. The van der Waals surface area contributed by atoms with E-state index < -0.39 is 0 Å². The van der Waals surface area contributed by atoms with Gasteiger partial charge < -0.3 is 14.6 Å². The predicted molar refractivity (Wildman–Crippen MR) is 58.9 cm³/mol. The average molecular weight is 225 g/mol. The first-order chi connectivity index (χ1) is 7.88. The van der Waals surface area contributed by atoms with Gasteiger partial charge in [-0.05, 0) is 31.8 Å². The number of rotatable bonds is 5. The normalized spacial score (nSPS) is 17.8. The van der Waals surface area contributed by atoms with E-state index in [1.807, 2.05) is 6.92 Å². The maximum atomic E-state index is 5.59. The molecule has 0 bridgehead atoms. The van der Waals surface area contributed by atoms with Gasteiger partial charge in [-0.25, -0.2) is 0 Å². The number of hydrogen-bond donors (Lipinski definition) is 1. The summed E-state index contributed by atoms with van der Waals surface area (Å²) in [5, 5.41) is 7.16. The molecular formula is C11H19N3O2. The molecule has 0 aromatic carbocycles. The molecule has 1 N–H and O–H groups in total. The van der Waals surface area contributed by atoms with Gasteiger partial charge in [-0.3, -0.25) is 0 Å². The minimum atomic E-state index is 0.441. The van der Waals surface area contributed by atoms with E-state index in [-0.39, 0.29) is 0 Å². The molecule has 16 heavy (non-hydrogen) atoms. The first kappa shape index (κ1) is 11.5. The maximum Gasteiger partial charge on any atom is 0.252 e. The lowest BCUT2D eigenvalue weighted by Crippen LogP contribution is -2.29. The Bertz CT molecular complexity index is 308. The van der Waals surface area contributed by atoms with Crippen molar-refractivity contribution in [1.29, 1.82) is 0 Å². The maximum absolute atomic E-state index is 5.59. The van der Waals surface area contributed by atoms with Crippen molar-refractivity contribution in [3.05, 3.63) is 11.7 Å². The summed E-state index contributed by atoms with van der Waals surface area (Å²) in [4.78, 5) is 4.20. The Balaban J connectivity index is 1.66. The van der Waals surface area contributed by atoms with Crippen LogP contribution in [0.4, 0.5) is 0 Å². The minimum absolute atomic E-state index is 0.441. The van der Waals surface area contributed by atoms with Crippen molar-refractivity contribution in [2.24, 2.45) is 5.92 Å². The van der Waals surface area contributed by atoms with Crippen molar-refractivity contribution in [1.82, 2.24) is 15.5 Å². The molecular weight excluding hydrogens is 206 g/mol. The molecule has 2 heterocycles. The molecule has 0 amide bonds. The minimum Gasteiger partial charge on any atom is -0.371 e. The van der Waals surface area contributed by atoms with Crippen LogP contribution >= 0.6 is 0 Å². The van der Waals surface area contributed by atoms with Crippen LogP contribution in [0.25, 0.3) is 0 Å². The van der Waals surface area contributed by atoms with E-state index in [2.05, 4.69) is 15.5 Å². The Kier molecular flexibility index (Phi) is 4.30. The molecule has 1 saturated heterocycles. The van der Waals surface area contributed by atoms with Crippen LogP contribution < -0.4 is 5.32 Å². The third kappa shape index (κ3) is 3.28. The van der Waals surface area contributed by atoms with Crippen LogP contribution in [-0.2, 0) is 17.8 Å². The summed E-state index contributed by atoms with van der Waals surface area (Å²) in [5.74, 6) is 2.01. The van der Waals surface area contributed by atoms with E-state index in [1.165, 1.54) is 12.8 Å². The molecule has 1 aromatic rings. The third-order valence-electron chi connectivity index (χ3n) is 2.86. The summed E-state index contributed by atoms with van der Waals surface area (Å²) in [7, 11) is 0. The number of ether oxygens (including phenoxy) is 1. The molecule has 0 unspecified atom stereocenters. The SMILES string of the molecule is CCc1noc(COCC2CCNCC2)n1. The van der Waals surface area contributed by atoms with Crippen molar-refractivity contribution in [2.45, 2.75) is 32.8 Å². The summed E-state index contributed by atoms with van der Waals surface area (Å²) in [5.41, 5.74) is 0. The second-order valence-corrected chi connectivity index (χ2v) is 4.17. The number of piperidine rings is 1. The number of aromatic nitrogens is 2. The number of nitrogens with zero attached hydrogens (tertiary/aromatic N) is 2. The zero-order valence-electron chi connectivity index (χ0n) is 9.74. The van der Waals surface area contributed by atoms with Crippen LogP contribution in [0.3, 0.4) is 0 Å². The van der Waals surface area contributed by atoms with Gasteiger partial charge in [0.15, 0.2) is 5.82 Å². The van der Waals surface area contributed by atoms with E-state index in [9.17, 15) is 0 Å². The Hall–Kier alpha value is -0.940. The molecule has 0 saturated carbocycles. The summed E-state index contributed by atoms with van der Waals surface area (Å²) < 4.78 is 10.6. The van der Waals surface area contributed by atoms with Crippen molar-refractivity contribution in [3.8, 4) is 0 Å². The topological polar surface area (TPSA) is 60.2 Å². The fraction of sp³-hybridized carbons (Fsp3) is 0.818. The highest BCUT2D eigenvalue weighted by Crippen LogP contribution is 2.12. The molecule has 1 aliphatic rings. The second kappa shape index (κ2) is 5.96. The van der Waals surface area contributed by atoms with Crippen LogP contribution in [0.2, 0.25) is 0 Å². The van der Waals surface area contributed by atoms with Gasteiger partial charge >= 0.3 is 0 Å². The zero-order valence-corrected chi connectivity index (χ0v) is 9.74. The van der Waals surface area contributed by atoms with Gasteiger partial charge in [0, 0.05) is 6.42 Å². The Labute approximate surface area is 95.6 Å². The number of hydrogen-bond acceptors (Lipinski definition) is 5. The lowest BCUT2D eigenvalue weighted by Gasteiger charge is -2.21. The van der Waals surface area contributed by atoms with Crippen molar-refractivity contribution >= 4 is 0 Å². The molecule has 1 aromatic heterocycles. The molecule has 0 radical (unpaired) electrons. The molecule has 1 fully saturated rings. The molecule has 0 spiro atoms. The standard InChI is InChI=1S/C11H19N3O2/c1-2-10-13-11(16-14-10)8-15-7-9-3-5-12-6-4-9/h9,12H,2-8H2,1H3. The Morgan fingerprint density at radius 2 is 2.25 bits per heavy atom. The molecule has 0 atom stereocenters. The molecule has 1 aliphatic heterocycles. The van der Waals surface area contributed by atoms with Gasteiger partial charge in [-0.2, -0.15) is 4.98 Å². The van der Waals surface area contributed by atoms with Crippen LogP contribution in [0.15, 0.2) is 4.52 Å². The van der Waals surface area contributed by atoms with Crippen LogP contribution in [0.1, 0.15) is 31.5 Å². The summed E-state index contributed by atoms with van der Waals surface area (Å²) in [6.45, 7) is 5.45. The third-order valence-corrected chi connectivity index (χ3v) is 2.86. The van der Waals surface area contributed by atoms with E-state index in [0.29, 0.717) is 18.4 Å². The van der Waals surface area contributed by atoms with E-state index in [4.69, 9.17) is 9.26 Å². The smallest absolute Gasteiger partial charge is 0.252 e. The van der Waals surface area contributed by atoms with Gasteiger partial charge in [0.1, 0.15) is 6.61 Å². The molecule has 5 heteroatoms. The van der Waals surface area contributed by atoms with E-state index in [0.717, 1.165) is 31.9 Å². The summed E-state index contributed by atoms with van der Waals surface area (Å²) in [6, 6.07) is 0. The fourth-order valence-corrected chi connectivity index (χ4v) is 1.85. The summed E-state index contributed by atoms with van der Waals surface area (Å²) in [6.07, 6.45) is 3.20. The van der Waals surface area contributed by atoms with Gasteiger partial charge in [0.2, 0.25) is 0 Å². The van der Waals surface area contributed by atoms with Gasteiger partial charge in [0.25, 0.3) is 5.89 Å². The molecule has 90 valence electrons. The van der Waals surface area contributed by atoms with Crippen molar-refractivity contribution in [3.63, 3.8) is 0 Å². The monoisotopic (exact) mass is 225 g/mol. The highest BCUT2D eigenvalue weighted by atomic mass is 16.5. The van der Waals surface area contributed by atoms with E-state index in [1.54, 1.807) is 0 Å². The predicted octanol–water partition coefficient (Wildman–Crippen LogP) is 1.15. The van der Waals surface area contributed by atoms with Gasteiger partial charge in [0.05, 0.1) is 6.61 Å². The lowest BCUT2D eigenvalue weighted by atomic mass is 9.99. The highest BCUT2D eigenvalue weighted by molar-refractivity contribution is 4.83. The average Bonchev–Trinajstić information content (AvgIpc) is 2.78. The lowest BCUT2D eigenvalue weighted by molar-refractivity contribution is 0.0602. The Morgan fingerprint density at radius 3 is 2.94 bits per heavy atom. The van der Waals surface area contributed by atoms with Gasteiger partial charge in [-0.1, -0.05) is 12.1 Å². The molecule has 2 rings (SSSR count). The first-order valence-electron chi connectivity index (χ1n) is 5.98. The Morgan fingerprint density at radius 1 is 1.44 bits per heavy atom. The number of nitrogens with one attached hydrogen (secondary N) is 1. The number of aryl methyl sites for hydroxylation is 1. The van der Waals surface area contributed by atoms with Crippen molar-refractivity contribution < 1.29 is 9.26 Å². The zero-order chi connectivity index (χ0) is 11.2. The van der Waals surface area contributed by atoms with Gasteiger partial charge in [-0.15, -0.1) is 0 Å². The highest BCUT2D eigenvalue weighted by Gasteiger charge is 2.13. The quantitative estimate of drug-likeness (QED) is 0.814. The van der Waals surface area contributed by atoms with Crippen LogP contribution in [0, 0.1) is 5.92 Å². The van der Waals surface area contributed by atoms with Crippen LogP contribution in [-0.4, -0.2) is 29.8 Å². The van der Waals surface area contributed by atoms with Crippen LogP contribution in [0.5, 0.6) is 0 Å². The first-order valence-corrected chi connectivity index (χ1v) is 5.98. The molecule has 5 nitrogen and oxygen atoms in total. The van der Waals surface area contributed by atoms with E-state index >= 15 is 0 Å². The fourth-order valence-electron chi connectivity index (χ4n) is 1.85. The molecule has 0 aliphatic carbocycles.